The highest BCUT2D eigenvalue weighted by Gasteiger charge is 2.34. The number of fused-ring (bicyclic) bond motifs is 4. The molecule has 2 fully saturated rings. The Labute approximate surface area is 220 Å². The molecule has 2 aromatic carbocycles. The lowest BCUT2D eigenvalue weighted by Gasteiger charge is -2.39. The van der Waals surface area contributed by atoms with Crippen LogP contribution in [0, 0.1) is 11.7 Å². The van der Waals surface area contributed by atoms with Gasteiger partial charge in [0, 0.05) is 42.0 Å². The van der Waals surface area contributed by atoms with Crippen molar-refractivity contribution < 1.29 is 13.9 Å². The van der Waals surface area contributed by atoms with Gasteiger partial charge in [0.2, 0.25) is 0 Å². The molecule has 0 aliphatic carbocycles. The average Bonchev–Trinajstić information content (AvgIpc) is 3.54. The highest BCUT2D eigenvalue weighted by atomic mass is 19.1. The Morgan fingerprint density at radius 3 is 2.74 bits per heavy atom. The Balaban J connectivity index is 1.25. The second kappa shape index (κ2) is 8.74. The van der Waals surface area contributed by atoms with Crippen molar-refractivity contribution in [3.05, 3.63) is 64.6 Å². The molecule has 38 heavy (non-hydrogen) atoms. The SMILES string of the molecule is C[C@@H]1CC[C@@H](c2ccc3c(cnn3C3CN(C)C3)c2)N(C(=O)c2cc3c4c(c(N)nc3cc2F)COC4)C1. The monoisotopic (exact) mass is 514 g/mol. The van der Waals surface area contributed by atoms with Gasteiger partial charge in [-0.25, -0.2) is 9.37 Å². The third-order valence-corrected chi connectivity index (χ3v) is 8.52. The van der Waals surface area contributed by atoms with E-state index in [0.717, 1.165) is 58.9 Å². The quantitative estimate of drug-likeness (QED) is 0.435. The number of nitrogens with zero attached hydrogens (tertiary/aromatic N) is 5. The van der Waals surface area contributed by atoms with Crippen molar-refractivity contribution in [3.63, 3.8) is 0 Å². The van der Waals surface area contributed by atoms with Crippen LogP contribution in [0.3, 0.4) is 0 Å². The summed E-state index contributed by atoms with van der Waals surface area (Å²) in [5.74, 6) is -0.178. The number of halogens is 1. The maximum atomic E-state index is 15.4. The summed E-state index contributed by atoms with van der Waals surface area (Å²) in [6.45, 7) is 5.48. The number of nitrogens with two attached hydrogens (primary N) is 1. The van der Waals surface area contributed by atoms with Crippen LogP contribution in [0.2, 0.25) is 0 Å². The van der Waals surface area contributed by atoms with Gasteiger partial charge in [-0.15, -0.1) is 0 Å². The van der Waals surface area contributed by atoms with Crippen LogP contribution < -0.4 is 5.73 Å². The lowest BCUT2D eigenvalue weighted by atomic mass is 9.88. The fourth-order valence-electron chi connectivity index (χ4n) is 6.43. The minimum atomic E-state index is -0.576. The summed E-state index contributed by atoms with van der Waals surface area (Å²) in [6.07, 6.45) is 3.75. The molecule has 2 saturated heterocycles. The van der Waals surface area contributed by atoms with Gasteiger partial charge >= 0.3 is 0 Å². The summed E-state index contributed by atoms with van der Waals surface area (Å²) in [4.78, 5) is 22.5. The molecule has 1 amide bonds. The third kappa shape index (κ3) is 3.67. The van der Waals surface area contributed by atoms with Crippen molar-refractivity contribution in [2.75, 3.05) is 32.4 Å². The third-order valence-electron chi connectivity index (χ3n) is 8.52. The van der Waals surface area contributed by atoms with Crippen molar-refractivity contribution in [3.8, 4) is 0 Å². The van der Waals surface area contributed by atoms with E-state index in [0.29, 0.717) is 43.1 Å². The first-order chi connectivity index (χ1) is 18.4. The summed E-state index contributed by atoms with van der Waals surface area (Å²) >= 11 is 0. The molecule has 0 radical (unpaired) electrons. The summed E-state index contributed by atoms with van der Waals surface area (Å²) in [5.41, 5.74) is 10.5. The number of rotatable bonds is 3. The zero-order chi connectivity index (χ0) is 26.1. The highest BCUT2D eigenvalue weighted by molar-refractivity contribution is 6.00. The van der Waals surface area contributed by atoms with Gasteiger partial charge in [-0.3, -0.25) is 9.48 Å². The molecule has 5 heterocycles. The van der Waals surface area contributed by atoms with Crippen LogP contribution in [0.25, 0.3) is 21.8 Å². The smallest absolute Gasteiger partial charge is 0.257 e. The van der Waals surface area contributed by atoms with Gasteiger partial charge in [0.25, 0.3) is 5.91 Å². The van der Waals surface area contributed by atoms with E-state index in [1.54, 1.807) is 6.07 Å². The first kappa shape index (κ1) is 23.5. The predicted molar refractivity (Wildman–Crippen MR) is 143 cm³/mol. The average molecular weight is 515 g/mol. The molecule has 0 unspecified atom stereocenters. The Bertz CT molecular complexity index is 1590. The van der Waals surface area contributed by atoms with Crippen LogP contribution in [0.5, 0.6) is 0 Å². The fraction of sp³-hybridized carbons (Fsp3) is 0.414. The molecule has 2 atom stereocenters. The molecule has 0 spiro atoms. The number of anilines is 1. The summed E-state index contributed by atoms with van der Waals surface area (Å²) in [7, 11) is 2.11. The fourth-order valence-corrected chi connectivity index (χ4v) is 6.43. The molecule has 8 nitrogen and oxygen atoms in total. The number of pyridine rings is 1. The van der Waals surface area contributed by atoms with E-state index >= 15 is 4.39 Å². The van der Waals surface area contributed by atoms with Crippen molar-refractivity contribution >= 4 is 33.5 Å². The van der Waals surface area contributed by atoms with Crippen LogP contribution in [0.15, 0.2) is 36.5 Å². The van der Waals surface area contributed by atoms with E-state index in [1.807, 2.05) is 11.1 Å². The molecule has 3 aliphatic heterocycles. The van der Waals surface area contributed by atoms with E-state index in [1.165, 1.54) is 6.07 Å². The van der Waals surface area contributed by atoms with Gasteiger partial charge in [-0.1, -0.05) is 13.0 Å². The van der Waals surface area contributed by atoms with Gasteiger partial charge in [-0.2, -0.15) is 5.10 Å². The van der Waals surface area contributed by atoms with Crippen molar-refractivity contribution in [1.29, 1.82) is 0 Å². The number of carbonyl (C=O) groups excluding carboxylic acids is 1. The summed E-state index contributed by atoms with van der Waals surface area (Å²) in [6, 6.07) is 9.61. The molecule has 9 heteroatoms. The predicted octanol–water partition coefficient (Wildman–Crippen LogP) is 4.44. The number of hydrogen-bond acceptors (Lipinski definition) is 6. The van der Waals surface area contributed by atoms with Crippen molar-refractivity contribution in [2.45, 2.75) is 45.1 Å². The van der Waals surface area contributed by atoms with Gasteiger partial charge in [0.15, 0.2) is 0 Å². The molecule has 0 bridgehead atoms. The second-order valence-electron chi connectivity index (χ2n) is 11.2. The van der Waals surface area contributed by atoms with Crippen LogP contribution in [0.4, 0.5) is 10.2 Å². The first-order valence-corrected chi connectivity index (χ1v) is 13.3. The van der Waals surface area contributed by atoms with E-state index < -0.39 is 5.82 Å². The second-order valence-corrected chi connectivity index (χ2v) is 11.2. The number of benzene rings is 2. The van der Waals surface area contributed by atoms with E-state index in [9.17, 15) is 4.79 Å². The Hall–Kier alpha value is -3.56. The van der Waals surface area contributed by atoms with E-state index in [2.05, 4.69) is 51.8 Å². The number of likely N-dealkylation sites (N-methyl/N-ethyl adjacent to an activating group) is 1. The maximum absolute atomic E-state index is 15.4. The summed E-state index contributed by atoms with van der Waals surface area (Å²) in [5, 5.41) is 6.46. The van der Waals surface area contributed by atoms with Gasteiger partial charge < -0.3 is 20.3 Å². The minimum Gasteiger partial charge on any atom is -0.383 e. The number of carbonyl (C=O) groups is 1. The molecular weight excluding hydrogens is 483 g/mol. The normalized spacial score (nSPS) is 22.2. The molecule has 0 saturated carbocycles. The van der Waals surface area contributed by atoms with Crippen LogP contribution >= 0.6 is 0 Å². The zero-order valence-corrected chi connectivity index (χ0v) is 21.7. The van der Waals surface area contributed by atoms with Crippen LogP contribution in [-0.2, 0) is 18.0 Å². The number of likely N-dealkylation sites (tertiary alicyclic amines) is 2. The van der Waals surface area contributed by atoms with Gasteiger partial charge in [-0.05, 0) is 55.1 Å². The lowest BCUT2D eigenvalue weighted by Crippen LogP contribution is -2.45. The van der Waals surface area contributed by atoms with Crippen LogP contribution in [-0.4, -0.2) is 57.2 Å². The Morgan fingerprint density at radius 2 is 1.92 bits per heavy atom. The Morgan fingerprint density at radius 1 is 1.11 bits per heavy atom. The zero-order valence-electron chi connectivity index (χ0n) is 21.7. The van der Waals surface area contributed by atoms with Crippen molar-refractivity contribution in [2.24, 2.45) is 5.92 Å². The molecule has 4 aromatic rings. The van der Waals surface area contributed by atoms with E-state index in [-0.39, 0.29) is 17.5 Å². The number of ether oxygens (including phenoxy) is 1. The van der Waals surface area contributed by atoms with E-state index in [4.69, 9.17) is 10.5 Å². The van der Waals surface area contributed by atoms with Crippen LogP contribution in [0.1, 0.15) is 58.9 Å². The highest BCUT2D eigenvalue weighted by Crippen LogP contribution is 2.38. The topological polar surface area (TPSA) is 89.5 Å². The lowest BCUT2D eigenvalue weighted by molar-refractivity contribution is 0.0540. The summed E-state index contributed by atoms with van der Waals surface area (Å²) < 4.78 is 23.1. The Kier molecular flexibility index (Phi) is 5.42. The standard InChI is InChI=1S/C29H31FN6O2/c1-16-3-5-26(17-4-6-27-18(7-17)10-32-36(27)19-12-34(2)13-19)35(11-16)29(37)21-8-20-22-14-38-15-23(22)28(31)33-25(20)9-24(21)30/h4,6-10,16,19,26H,3,5,11-15H2,1-2H3,(H2,31,33)/t16-,26+/m1/s1. The molecule has 3 aliphatic rings. The number of amides is 1. The minimum absolute atomic E-state index is 0.0697. The molecule has 2 aromatic heterocycles. The first-order valence-electron chi connectivity index (χ1n) is 13.3. The number of piperidine rings is 1. The van der Waals surface area contributed by atoms with Gasteiger partial charge in [0.05, 0.1) is 48.1 Å². The number of nitrogen functional groups attached to an aromatic ring is 1. The molecule has 7 rings (SSSR count). The number of hydrogen-bond donors (Lipinski definition) is 1. The van der Waals surface area contributed by atoms with Crippen molar-refractivity contribution in [1.82, 2.24) is 24.6 Å². The number of aromatic nitrogens is 3. The molecule has 2 N–H and O–H groups in total. The van der Waals surface area contributed by atoms with Gasteiger partial charge in [0.1, 0.15) is 11.6 Å². The molecular formula is C29H31FN6O2. The maximum Gasteiger partial charge on any atom is 0.257 e. The largest absolute Gasteiger partial charge is 0.383 e. The molecule has 196 valence electrons.